The number of hydrogen-bond acceptors (Lipinski definition) is 5. The molecule has 7 nitrogen and oxygen atoms in total. The van der Waals surface area contributed by atoms with Crippen LogP contribution in [0.3, 0.4) is 0 Å². The molecular formula is C23H26ClN3O4S. The quantitative estimate of drug-likeness (QED) is 0.597. The normalized spacial score (nSPS) is 24.1. The van der Waals surface area contributed by atoms with E-state index in [2.05, 4.69) is 11.6 Å². The Labute approximate surface area is 193 Å². The molecule has 3 atom stereocenters. The molecule has 0 radical (unpaired) electrons. The second kappa shape index (κ2) is 9.21. The molecule has 2 saturated heterocycles. The maximum atomic E-state index is 13.8. The first kappa shape index (κ1) is 22.8. The molecule has 2 fully saturated rings. The number of nitrogens with zero attached hydrogens (tertiary/aromatic N) is 3. The lowest BCUT2D eigenvalue weighted by molar-refractivity contribution is -0.135. The number of carbonyl (C=O) groups excluding carboxylic acids is 1. The average Bonchev–Trinajstić information content (AvgIpc) is 2.87. The first-order valence-electron chi connectivity index (χ1n) is 10.5. The molecule has 4 rings (SSSR count). The molecule has 0 spiro atoms. The van der Waals surface area contributed by atoms with E-state index >= 15 is 0 Å². The minimum absolute atomic E-state index is 0.0500. The minimum atomic E-state index is -3.98. The molecule has 1 aromatic heterocycles. The fourth-order valence-electron chi connectivity index (χ4n) is 4.65. The number of piperidine rings is 1. The Morgan fingerprint density at radius 1 is 1.28 bits per heavy atom. The molecular weight excluding hydrogens is 450 g/mol. The molecule has 2 unspecified atom stereocenters. The molecule has 2 aliphatic rings. The van der Waals surface area contributed by atoms with Crippen molar-refractivity contribution < 1.29 is 17.9 Å². The fourth-order valence-corrected chi connectivity index (χ4v) is 6.88. The number of methoxy groups -OCH3 is 1. The SMILES string of the molecule is C=C[C@H]1CN(Cc2ccccn2)C(=O)C2CCCC1N2S(=O)(=O)c1ccc(OC)c(Cl)c1. The van der Waals surface area contributed by atoms with E-state index < -0.39 is 16.1 Å². The Bertz CT molecular complexity index is 1110. The van der Waals surface area contributed by atoms with Crippen LogP contribution in [0.25, 0.3) is 0 Å². The van der Waals surface area contributed by atoms with Crippen LogP contribution < -0.4 is 4.74 Å². The largest absolute Gasteiger partial charge is 0.495 e. The van der Waals surface area contributed by atoms with E-state index in [9.17, 15) is 13.2 Å². The maximum absolute atomic E-state index is 13.8. The number of halogens is 1. The summed E-state index contributed by atoms with van der Waals surface area (Å²) in [5.41, 5.74) is 0.761. The first-order valence-corrected chi connectivity index (χ1v) is 12.4. The van der Waals surface area contributed by atoms with Gasteiger partial charge in [-0.05, 0) is 49.6 Å². The highest BCUT2D eigenvalue weighted by molar-refractivity contribution is 7.89. The van der Waals surface area contributed by atoms with Gasteiger partial charge in [0.15, 0.2) is 0 Å². The zero-order chi connectivity index (χ0) is 22.9. The van der Waals surface area contributed by atoms with Gasteiger partial charge in [-0.1, -0.05) is 23.7 Å². The molecule has 1 aromatic carbocycles. The van der Waals surface area contributed by atoms with E-state index in [-0.39, 0.29) is 27.8 Å². The number of benzene rings is 1. The summed E-state index contributed by atoms with van der Waals surface area (Å²) in [6, 6.07) is 8.82. The number of carbonyl (C=O) groups is 1. The van der Waals surface area contributed by atoms with Crippen molar-refractivity contribution in [3.8, 4) is 5.75 Å². The molecule has 3 heterocycles. The Morgan fingerprint density at radius 3 is 2.75 bits per heavy atom. The highest BCUT2D eigenvalue weighted by Gasteiger charge is 2.49. The number of fused-ring (bicyclic) bond motifs is 2. The van der Waals surface area contributed by atoms with Crippen LogP contribution in [0.1, 0.15) is 25.0 Å². The Balaban J connectivity index is 1.74. The molecule has 32 heavy (non-hydrogen) atoms. The third kappa shape index (κ3) is 4.14. The van der Waals surface area contributed by atoms with E-state index in [1.54, 1.807) is 17.2 Å². The van der Waals surface area contributed by atoms with Crippen molar-refractivity contribution in [3.05, 3.63) is 66.0 Å². The third-order valence-electron chi connectivity index (χ3n) is 6.21. The van der Waals surface area contributed by atoms with Gasteiger partial charge in [-0.15, -0.1) is 6.58 Å². The van der Waals surface area contributed by atoms with E-state index in [4.69, 9.17) is 16.3 Å². The lowest BCUT2D eigenvalue weighted by Crippen LogP contribution is -2.54. The number of ether oxygens (including phenoxy) is 1. The van der Waals surface area contributed by atoms with Gasteiger partial charge in [-0.3, -0.25) is 9.78 Å². The molecule has 2 aromatic rings. The number of hydrogen-bond donors (Lipinski definition) is 0. The van der Waals surface area contributed by atoms with Gasteiger partial charge in [-0.25, -0.2) is 8.42 Å². The number of rotatable bonds is 6. The zero-order valence-corrected chi connectivity index (χ0v) is 19.4. The van der Waals surface area contributed by atoms with Crippen molar-refractivity contribution in [1.82, 2.24) is 14.2 Å². The number of amides is 1. The molecule has 0 aliphatic carbocycles. The van der Waals surface area contributed by atoms with Crippen molar-refractivity contribution in [3.63, 3.8) is 0 Å². The van der Waals surface area contributed by atoms with Crippen LogP contribution in [0.2, 0.25) is 5.02 Å². The molecule has 1 amide bonds. The highest BCUT2D eigenvalue weighted by Crippen LogP contribution is 2.39. The van der Waals surface area contributed by atoms with Gasteiger partial charge in [0.05, 0.1) is 29.3 Å². The lowest BCUT2D eigenvalue weighted by Gasteiger charge is -2.40. The smallest absolute Gasteiger partial charge is 0.244 e. The van der Waals surface area contributed by atoms with Crippen LogP contribution in [0.5, 0.6) is 5.75 Å². The van der Waals surface area contributed by atoms with Gasteiger partial charge in [0, 0.05) is 24.7 Å². The first-order chi connectivity index (χ1) is 15.4. The van der Waals surface area contributed by atoms with E-state index in [1.165, 1.54) is 29.6 Å². The van der Waals surface area contributed by atoms with Crippen molar-refractivity contribution in [2.45, 2.75) is 42.8 Å². The summed E-state index contributed by atoms with van der Waals surface area (Å²) in [6.45, 7) is 4.68. The summed E-state index contributed by atoms with van der Waals surface area (Å²) in [5, 5.41) is 0.205. The lowest BCUT2D eigenvalue weighted by atomic mass is 9.90. The summed E-state index contributed by atoms with van der Waals surface area (Å²) in [4.78, 5) is 19.7. The number of sulfonamides is 1. The predicted molar refractivity (Wildman–Crippen MR) is 122 cm³/mol. The van der Waals surface area contributed by atoms with Crippen LogP contribution in [0, 0.1) is 5.92 Å². The van der Waals surface area contributed by atoms with E-state index in [0.29, 0.717) is 31.7 Å². The molecule has 170 valence electrons. The topological polar surface area (TPSA) is 79.8 Å². The maximum Gasteiger partial charge on any atom is 0.244 e. The molecule has 0 N–H and O–H groups in total. The van der Waals surface area contributed by atoms with Crippen LogP contribution in [0.4, 0.5) is 0 Å². The monoisotopic (exact) mass is 475 g/mol. The van der Waals surface area contributed by atoms with Crippen LogP contribution in [0.15, 0.2) is 60.1 Å². The molecule has 2 aliphatic heterocycles. The van der Waals surface area contributed by atoms with Gasteiger partial charge in [0.1, 0.15) is 11.8 Å². The second-order valence-electron chi connectivity index (χ2n) is 8.08. The summed E-state index contributed by atoms with van der Waals surface area (Å²) in [6.07, 6.45) is 5.37. The molecule has 0 saturated carbocycles. The van der Waals surface area contributed by atoms with Crippen molar-refractivity contribution in [2.75, 3.05) is 13.7 Å². The van der Waals surface area contributed by atoms with Crippen molar-refractivity contribution >= 4 is 27.5 Å². The van der Waals surface area contributed by atoms with Gasteiger partial charge in [0.2, 0.25) is 15.9 Å². The van der Waals surface area contributed by atoms with Crippen molar-refractivity contribution in [2.24, 2.45) is 5.92 Å². The Hall–Kier alpha value is -2.42. The van der Waals surface area contributed by atoms with E-state index in [0.717, 1.165) is 12.1 Å². The predicted octanol–water partition coefficient (Wildman–Crippen LogP) is 3.50. The van der Waals surface area contributed by atoms with Crippen LogP contribution in [-0.4, -0.2) is 54.3 Å². The average molecular weight is 476 g/mol. The van der Waals surface area contributed by atoms with Gasteiger partial charge in [0.25, 0.3) is 0 Å². The van der Waals surface area contributed by atoms with Crippen LogP contribution in [-0.2, 0) is 21.4 Å². The van der Waals surface area contributed by atoms with Gasteiger partial charge in [-0.2, -0.15) is 4.31 Å². The molecule has 9 heteroatoms. The van der Waals surface area contributed by atoms with Crippen LogP contribution >= 0.6 is 11.6 Å². The second-order valence-corrected chi connectivity index (χ2v) is 10.3. The van der Waals surface area contributed by atoms with Crippen molar-refractivity contribution in [1.29, 1.82) is 0 Å². The molecule has 2 bridgehead atoms. The number of pyridine rings is 1. The summed E-state index contributed by atoms with van der Waals surface area (Å²) in [5.74, 6) is -0.00685. The highest BCUT2D eigenvalue weighted by atomic mass is 35.5. The third-order valence-corrected chi connectivity index (χ3v) is 8.44. The Morgan fingerprint density at radius 2 is 2.09 bits per heavy atom. The zero-order valence-electron chi connectivity index (χ0n) is 17.9. The number of aromatic nitrogens is 1. The summed E-state index contributed by atoms with van der Waals surface area (Å²) in [7, 11) is -2.51. The standard InChI is InChI=1S/C23H26ClN3O4S/c1-3-16-14-26(15-17-7-4-5-12-25-17)23(28)21-9-6-8-20(16)27(21)32(29,30)18-10-11-22(31-2)19(24)13-18/h3-5,7,10-13,16,20-21H,1,6,8-9,14-15H2,2H3/t16-,20?,21?/m0/s1. The van der Waals surface area contributed by atoms with Gasteiger partial charge >= 0.3 is 0 Å². The Kier molecular flexibility index (Phi) is 6.55. The van der Waals surface area contributed by atoms with E-state index in [1.807, 2.05) is 18.2 Å². The summed E-state index contributed by atoms with van der Waals surface area (Å²) >= 11 is 6.22. The minimum Gasteiger partial charge on any atom is -0.495 e. The van der Waals surface area contributed by atoms with Gasteiger partial charge < -0.3 is 9.64 Å². The fraction of sp³-hybridized carbons (Fsp3) is 0.391. The summed E-state index contributed by atoms with van der Waals surface area (Å²) < 4.78 is 34.1.